The molecule has 8 heteroatoms. The maximum Gasteiger partial charge on any atom is 0.225 e. The summed E-state index contributed by atoms with van der Waals surface area (Å²) in [6.07, 6.45) is 5.68. The smallest absolute Gasteiger partial charge is 0.225 e. The van der Waals surface area contributed by atoms with Crippen LogP contribution in [0.25, 0.3) is 0 Å². The van der Waals surface area contributed by atoms with E-state index in [0.29, 0.717) is 0 Å². The number of nitrogens with zero attached hydrogens (tertiary/aromatic N) is 5. The van der Waals surface area contributed by atoms with Crippen LogP contribution in [0.5, 0.6) is 0 Å². The van der Waals surface area contributed by atoms with Crippen LogP contribution in [0.1, 0.15) is 18.9 Å². The van der Waals surface area contributed by atoms with Gasteiger partial charge in [0.1, 0.15) is 0 Å². The van der Waals surface area contributed by atoms with E-state index in [9.17, 15) is 0 Å². The van der Waals surface area contributed by atoms with Crippen molar-refractivity contribution >= 4 is 35.9 Å². The molecule has 1 aliphatic rings. The van der Waals surface area contributed by atoms with Crippen LogP contribution >= 0.6 is 24.0 Å². The Bertz CT molecular complexity index is 719. The summed E-state index contributed by atoms with van der Waals surface area (Å²) in [4.78, 5) is 18.2. The lowest BCUT2D eigenvalue weighted by Crippen LogP contribution is -2.47. The van der Waals surface area contributed by atoms with Gasteiger partial charge in [-0.3, -0.25) is 9.89 Å². The molecule has 0 aliphatic carbocycles. The first kappa shape index (κ1) is 24.3. The molecule has 2 N–H and O–H groups in total. The molecule has 7 nitrogen and oxygen atoms in total. The summed E-state index contributed by atoms with van der Waals surface area (Å²) in [6, 6.07) is 12.4. The van der Waals surface area contributed by atoms with E-state index in [2.05, 4.69) is 67.7 Å². The van der Waals surface area contributed by atoms with Gasteiger partial charge >= 0.3 is 0 Å². The van der Waals surface area contributed by atoms with E-state index >= 15 is 0 Å². The fourth-order valence-corrected chi connectivity index (χ4v) is 3.42. The van der Waals surface area contributed by atoms with E-state index in [0.717, 1.165) is 77.1 Å². The van der Waals surface area contributed by atoms with Crippen molar-refractivity contribution in [3.8, 4) is 0 Å². The van der Waals surface area contributed by atoms with Crippen molar-refractivity contribution in [1.29, 1.82) is 0 Å². The van der Waals surface area contributed by atoms with Crippen LogP contribution in [0.4, 0.5) is 5.95 Å². The number of aromatic nitrogens is 2. The molecular formula is C22H34IN7. The van der Waals surface area contributed by atoms with E-state index in [-0.39, 0.29) is 24.0 Å². The van der Waals surface area contributed by atoms with Crippen LogP contribution < -0.4 is 15.5 Å². The SMILES string of the molecule is CCNC(=NCCCN1CCN(c2ncccn2)CC1)NCCc1ccccc1.I. The van der Waals surface area contributed by atoms with E-state index in [1.54, 1.807) is 0 Å². The Labute approximate surface area is 197 Å². The highest BCUT2D eigenvalue weighted by atomic mass is 127. The number of guanidine groups is 1. The summed E-state index contributed by atoms with van der Waals surface area (Å²) in [6.45, 7) is 9.85. The van der Waals surface area contributed by atoms with Crippen LogP contribution in [0.15, 0.2) is 53.8 Å². The molecule has 1 aromatic heterocycles. The Morgan fingerprint density at radius 1 is 1.00 bits per heavy atom. The molecule has 164 valence electrons. The van der Waals surface area contributed by atoms with Gasteiger partial charge < -0.3 is 15.5 Å². The molecule has 0 unspecified atom stereocenters. The maximum absolute atomic E-state index is 4.73. The molecule has 1 saturated heterocycles. The zero-order valence-corrected chi connectivity index (χ0v) is 20.2. The average Bonchev–Trinajstić information content (AvgIpc) is 2.78. The van der Waals surface area contributed by atoms with Gasteiger partial charge in [-0.15, -0.1) is 24.0 Å². The average molecular weight is 523 g/mol. The van der Waals surface area contributed by atoms with Crippen LogP contribution in [-0.4, -0.2) is 73.2 Å². The number of hydrogen-bond acceptors (Lipinski definition) is 5. The van der Waals surface area contributed by atoms with Crippen LogP contribution in [-0.2, 0) is 6.42 Å². The molecular weight excluding hydrogens is 489 g/mol. The Balaban J connectivity index is 0.00000320. The van der Waals surface area contributed by atoms with E-state index in [4.69, 9.17) is 4.99 Å². The lowest BCUT2D eigenvalue weighted by Gasteiger charge is -2.34. The molecule has 1 aliphatic heterocycles. The predicted molar refractivity (Wildman–Crippen MR) is 135 cm³/mol. The molecule has 2 heterocycles. The predicted octanol–water partition coefficient (Wildman–Crippen LogP) is 2.40. The third kappa shape index (κ3) is 8.43. The van der Waals surface area contributed by atoms with E-state index in [1.165, 1.54) is 5.56 Å². The van der Waals surface area contributed by atoms with Gasteiger partial charge in [0.2, 0.25) is 5.95 Å². The lowest BCUT2D eigenvalue weighted by atomic mass is 10.1. The zero-order valence-electron chi connectivity index (χ0n) is 17.8. The minimum atomic E-state index is 0. The molecule has 0 spiro atoms. The third-order valence-corrected chi connectivity index (χ3v) is 5.00. The minimum Gasteiger partial charge on any atom is -0.357 e. The number of piperazine rings is 1. The fraction of sp³-hybridized carbons (Fsp3) is 0.500. The van der Waals surface area contributed by atoms with E-state index < -0.39 is 0 Å². The van der Waals surface area contributed by atoms with Crippen molar-refractivity contribution in [2.75, 3.05) is 57.3 Å². The summed E-state index contributed by atoms with van der Waals surface area (Å²) in [5.74, 6) is 1.75. The molecule has 1 aromatic carbocycles. The van der Waals surface area contributed by atoms with Gasteiger partial charge in [0.25, 0.3) is 0 Å². The molecule has 0 amide bonds. The molecule has 0 saturated carbocycles. The Morgan fingerprint density at radius 2 is 1.73 bits per heavy atom. The quantitative estimate of drug-likeness (QED) is 0.228. The first-order chi connectivity index (χ1) is 14.3. The first-order valence-corrected chi connectivity index (χ1v) is 10.7. The van der Waals surface area contributed by atoms with Crippen LogP contribution in [0.3, 0.4) is 0 Å². The molecule has 0 atom stereocenters. The summed E-state index contributed by atoms with van der Waals surface area (Å²) in [7, 11) is 0. The maximum atomic E-state index is 4.73. The normalized spacial score (nSPS) is 14.8. The van der Waals surface area contributed by atoms with Crippen molar-refractivity contribution < 1.29 is 0 Å². The summed E-state index contributed by atoms with van der Waals surface area (Å²) < 4.78 is 0. The lowest BCUT2D eigenvalue weighted by molar-refractivity contribution is 0.255. The second kappa shape index (κ2) is 14.1. The molecule has 2 aromatic rings. The summed E-state index contributed by atoms with van der Waals surface area (Å²) in [5.41, 5.74) is 1.34. The summed E-state index contributed by atoms with van der Waals surface area (Å²) in [5, 5.41) is 6.77. The fourth-order valence-electron chi connectivity index (χ4n) is 3.42. The van der Waals surface area contributed by atoms with Gasteiger partial charge in [0.05, 0.1) is 0 Å². The Hall–Kier alpha value is -1.94. The molecule has 1 fully saturated rings. The monoisotopic (exact) mass is 523 g/mol. The number of halogens is 1. The first-order valence-electron chi connectivity index (χ1n) is 10.7. The highest BCUT2D eigenvalue weighted by molar-refractivity contribution is 14.0. The van der Waals surface area contributed by atoms with Crippen molar-refractivity contribution in [1.82, 2.24) is 25.5 Å². The number of aliphatic imine (C=N–C) groups is 1. The van der Waals surface area contributed by atoms with Crippen molar-refractivity contribution in [2.24, 2.45) is 4.99 Å². The highest BCUT2D eigenvalue weighted by Crippen LogP contribution is 2.09. The minimum absolute atomic E-state index is 0. The van der Waals surface area contributed by atoms with Gasteiger partial charge in [0, 0.05) is 64.8 Å². The van der Waals surface area contributed by atoms with Gasteiger partial charge in [-0.2, -0.15) is 0 Å². The second-order valence-electron chi connectivity index (χ2n) is 7.15. The van der Waals surface area contributed by atoms with Gasteiger partial charge in [0.15, 0.2) is 5.96 Å². The van der Waals surface area contributed by atoms with Gasteiger partial charge in [-0.05, 0) is 31.4 Å². The van der Waals surface area contributed by atoms with Gasteiger partial charge in [-0.1, -0.05) is 30.3 Å². The van der Waals surface area contributed by atoms with Crippen molar-refractivity contribution in [3.05, 3.63) is 54.4 Å². The molecule has 3 rings (SSSR count). The molecule has 0 radical (unpaired) electrons. The zero-order chi connectivity index (χ0) is 20.2. The number of nitrogens with one attached hydrogen (secondary N) is 2. The summed E-state index contributed by atoms with van der Waals surface area (Å²) >= 11 is 0. The van der Waals surface area contributed by atoms with Crippen LogP contribution in [0, 0.1) is 0 Å². The number of benzene rings is 1. The molecule has 30 heavy (non-hydrogen) atoms. The number of anilines is 1. The number of hydrogen-bond donors (Lipinski definition) is 2. The third-order valence-electron chi connectivity index (χ3n) is 5.00. The van der Waals surface area contributed by atoms with Crippen molar-refractivity contribution in [3.63, 3.8) is 0 Å². The number of rotatable bonds is 9. The van der Waals surface area contributed by atoms with Crippen molar-refractivity contribution in [2.45, 2.75) is 19.8 Å². The van der Waals surface area contributed by atoms with E-state index in [1.807, 2.05) is 18.5 Å². The standard InChI is InChI=1S/C22H33N7.HI/c1-2-23-21(25-14-10-20-8-4-3-5-9-20)24-13-7-15-28-16-18-29(19-17-28)22-26-11-6-12-27-22;/h3-6,8-9,11-12H,2,7,10,13-19H2,1H3,(H2,23,24,25);1H. The Morgan fingerprint density at radius 3 is 2.43 bits per heavy atom. The topological polar surface area (TPSA) is 68.7 Å². The molecule has 0 bridgehead atoms. The largest absolute Gasteiger partial charge is 0.357 e. The highest BCUT2D eigenvalue weighted by Gasteiger charge is 2.18. The van der Waals surface area contributed by atoms with Gasteiger partial charge in [-0.25, -0.2) is 9.97 Å². The Kier molecular flexibility index (Phi) is 11.5. The van der Waals surface area contributed by atoms with Crippen LogP contribution in [0.2, 0.25) is 0 Å². The second-order valence-corrected chi connectivity index (χ2v) is 7.15.